The minimum atomic E-state index is 0.362. The molecule has 0 fully saturated rings. The van der Waals surface area contributed by atoms with Gasteiger partial charge in [-0.25, -0.2) is 9.97 Å². The van der Waals surface area contributed by atoms with Crippen molar-refractivity contribution in [2.45, 2.75) is 13.5 Å². The molecule has 0 atom stereocenters. The summed E-state index contributed by atoms with van der Waals surface area (Å²) in [5.74, 6) is 0.362. The largest absolute Gasteiger partial charge is 0.596 e. The average Bonchev–Trinajstić information content (AvgIpc) is 3.39. The van der Waals surface area contributed by atoms with Crippen molar-refractivity contribution in [3.05, 3.63) is 60.5 Å². The highest BCUT2D eigenvalue weighted by atomic mass is 16.5. The molecular formula is C18H14N6O2. The lowest BCUT2D eigenvalue weighted by molar-refractivity contribution is -0.676. The maximum absolute atomic E-state index is 12.1. The first-order chi connectivity index (χ1) is 12.7. The highest BCUT2D eigenvalue weighted by molar-refractivity contribution is 5.84. The van der Waals surface area contributed by atoms with Crippen molar-refractivity contribution in [2.75, 3.05) is 0 Å². The number of nitrogens with zero attached hydrogens (tertiary/aromatic N) is 6. The lowest BCUT2D eigenvalue weighted by atomic mass is 10.1. The summed E-state index contributed by atoms with van der Waals surface area (Å²) in [6.07, 6.45) is 7.97. The molecule has 0 aliphatic carbocycles. The van der Waals surface area contributed by atoms with Gasteiger partial charge in [0.05, 0.1) is 29.8 Å². The fourth-order valence-electron chi connectivity index (χ4n) is 3.14. The second kappa shape index (κ2) is 5.41. The Kier molecular flexibility index (Phi) is 3.05. The van der Waals surface area contributed by atoms with Crippen LogP contribution in [0.4, 0.5) is 0 Å². The van der Waals surface area contributed by atoms with E-state index in [0.29, 0.717) is 21.9 Å². The second-order valence-electron chi connectivity index (χ2n) is 5.90. The molecule has 0 aliphatic heterocycles. The van der Waals surface area contributed by atoms with E-state index in [1.165, 1.54) is 23.2 Å². The van der Waals surface area contributed by atoms with Gasteiger partial charge in [-0.05, 0) is 19.1 Å². The second-order valence-corrected chi connectivity index (χ2v) is 5.90. The molecule has 1 aromatic carbocycles. The SMILES string of the molecule is CCn1ncc2ccc(-c3ccn4c(n3)c(-c3ncco3)c[n+]4[O-])cc21. The van der Waals surface area contributed by atoms with Gasteiger partial charge in [0, 0.05) is 17.5 Å². The summed E-state index contributed by atoms with van der Waals surface area (Å²) < 4.78 is 8.69. The van der Waals surface area contributed by atoms with Crippen LogP contribution in [0.3, 0.4) is 0 Å². The molecule has 8 nitrogen and oxygen atoms in total. The lowest BCUT2D eigenvalue weighted by Gasteiger charge is -2.04. The number of fused-ring (bicyclic) bond motifs is 2. The van der Waals surface area contributed by atoms with Crippen LogP contribution in [0.5, 0.6) is 0 Å². The van der Waals surface area contributed by atoms with Crippen LogP contribution in [0.25, 0.3) is 39.3 Å². The molecule has 5 rings (SSSR count). The van der Waals surface area contributed by atoms with Gasteiger partial charge < -0.3 is 9.62 Å². The molecule has 0 radical (unpaired) electrons. The molecule has 0 aliphatic rings. The highest BCUT2D eigenvalue weighted by Crippen LogP contribution is 2.26. The molecular weight excluding hydrogens is 332 g/mol. The Morgan fingerprint density at radius 2 is 2.19 bits per heavy atom. The number of benzene rings is 1. The van der Waals surface area contributed by atoms with E-state index in [-0.39, 0.29) is 0 Å². The minimum absolute atomic E-state index is 0.362. The molecule has 0 bridgehead atoms. The Labute approximate surface area is 147 Å². The third-order valence-corrected chi connectivity index (χ3v) is 4.41. The summed E-state index contributed by atoms with van der Waals surface area (Å²) in [4.78, 5) is 9.52. The van der Waals surface area contributed by atoms with Gasteiger partial charge in [0.15, 0.2) is 5.56 Å². The van der Waals surface area contributed by atoms with Crippen molar-refractivity contribution in [1.29, 1.82) is 0 Å². The molecule has 26 heavy (non-hydrogen) atoms. The zero-order chi connectivity index (χ0) is 17.7. The van der Waals surface area contributed by atoms with Gasteiger partial charge in [0.2, 0.25) is 17.7 Å². The maximum atomic E-state index is 12.1. The van der Waals surface area contributed by atoms with E-state index in [0.717, 1.165) is 28.7 Å². The molecule has 128 valence electrons. The van der Waals surface area contributed by atoms with Gasteiger partial charge >= 0.3 is 0 Å². The van der Waals surface area contributed by atoms with E-state index >= 15 is 0 Å². The van der Waals surface area contributed by atoms with Crippen molar-refractivity contribution >= 4 is 16.6 Å². The first kappa shape index (κ1) is 14.6. The van der Waals surface area contributed by atoms with E-state index in [2.05, 4.69) is 28.1 Å². The van der Waals surface area contributed by atoms with Crippen LogP contribution in [0.1, 0.15) is 6.92 Å². The quantitative estimate of drug-likeness (QED) is 0.370. The van der Waals surface area contributed by atoms with Crippen LogP contribution in [0.2, 0.25) is 0 Å². The first-order valence-electron chi connectivity index (χ1n) is 8.22. The van der Waals surface area contributed by atoms with E-state index in [4.69, 9.17) is 4.42 Å². The zero-order valence-corrected chi connectivity index (χ0v) is 13.9. The summed E-state index contributed by atoms with van der Waals surface area (Å²) in [6, 6.07) is 7.90. The van der Waals surface area contributed by atoms with Crippen LogP contribution >= 0.6 is 0 Å². The zero-order valence-electron chi connectivity index (χ0n) is 13.9. The molecule has 0 saturated heterocycles. The summed E-state index contributed by atoms with van der Waals surface area (Å²) >= 11 is 0. The van der Waals surface area contributed by atoms with Gasteiger partial charge in [-0.15, -0.1) is 0 Å². The summed E-state index contributed by atoms with van der Waals surface area (Å²) in [5.41, 5.74) is 3.80. The molecule has 0 spiro atoms. The summed E-state index contributed by atoms with van der Waals surface area (Å²) in [6.45, 7) is 2.85. The number of oxazole rings is 1. The standard InChI is InChI=1S/C18H14N6O2/c1-2-22-16-9-12(3-4-13(16)10-20-22)15-5-7-23-17(21-15)14(11-24(23)25)18-19-6-8-26-18/h3-11H,2H2,1H3. The smallest absolute Gasteiger partial charge is 0.236 e. The first-order valence-corrected chi connectivity index (χ1v) is 8.22. The number of rotatable bonds is 3. The molecule has 4 aromatic heterocycles. The van der Waals surface area contributed by atoms with Crippen molar-refractivity contribution in [2.24, 2.45) is 0 Å². The lowest BCUT2D eigenvalue weighted by Crippen LogP contribution is -2.31. The van der Waals surface area contributed by atoms with Crippen LogP contribution < -0.4 is 4.85 Å². The molecule has 5 aromatic rings. The monoisotopic (exact) mass is 346 g/mol. The number of aromatic nitrogens is 6. The number of hydrogen-bond acceptors (Lipinski definition) is 5. The number of aryl methyl sites for hydroxylation is 1. The average molecular weight is 346 g/mol. The Morgan fingerprint density at radius 3 is 3.00 bits per heavy atom. The van der Waals surface area contributed by atoms with Gasteiger partial charge in [0.1, 0.15) is 6.26 Å². The van der Waals surface area contributed by atoms with Gasteiger partial charge in [-0.3, -0.25) is 4.68 Å². The van der Waals surface area contributed by atoms with E-state index in [1.54, 1.807) is 6.20 Å². The number of hydrogen-bond donors (Lipinski definition) is 0. The van der Waals surface area contributed by atoms with Gasteiger partial charge in [0.25, 0.3) is 0 Å². The van der Waals surface area contributed by atoms with Crippen molar-refractivity contribution in [3.63, 3.8) is 0 Å². The third-order valence-electron chi connectivity index (χ3n) is 4.41. The van der Waals surface area contributed by atoms with Crippen LogP contribution in [0, 0.1) is 5.21 Å². The molecule has 0 unspecified atom stereocenters. The predicted octanol–water partition coefficient (Wildman–Crippen LogP) is 2.66. The van der Waals surface area contributed by atoms with Crippen LogP contribution in [-0.2, 0) is 6.54 Å². The predicted molar refractivity (Wildman–Crippen MR) is 94.1 cm³/mol. The third kappa shape index (κ3) is 2.08. The molecule has 8 heteroatoms. The van der Waals surface area contributed by atoms with Crippen molar-refractivity contribution in [1.82, 2.24) is 24.3 Å². The Hall–Kier alpha value is -3.68. The van der Waals surface area contributed by atoms with E-state index in [1.807, 2.05) is 29.1 Å². The van der Waals surface area contributed by atoms with Crippen molar-refractivity contribution in [3.8, 4) is 22.7 Å². The maximum Gasteiger partial charge on any atom is 0.236 e. The summed E-state index contributed by atoms with van der Waals surface area (Å²) in [5, 5.41) is 17.6. The molecule has 0 amide bonds. The topological polar surface area (TPSA) is 88.1 Å². The molecule has 0 saturated carbocycles. The minimum Gasteiger partial charge on any atom is -0.596 e. The molecule has 4 heterocycles. The summed E-state index contributed by atoms with van der Waals surface area (Å²) in [7, 11) is 0. The normalized spacial score (nSPS) is 11.6. The van der Waals surface area contributed by atoms with Crippen LogP contribution in [0.15, 0.2) is 59.7 Å². The Morgan fingerprint density at radius 1 is 1.27 bits per heavy atom. The van der Waals surface area contributed by atoms with Crippen LogP contribution in [-0.4, -0.2) is 24.3 Å². The van der Waals surface area contributed by atoms with Gasteiger partial charge in [-0.2, -0.15) is 5.10 Å². The van der Waals surface area contributed by atoms with E-state index in [9.17, 15) is 5.21 Å². The highest BCUT2D eigenvalue weighted by Gasteiger charge is 2.19. The fraction of sp³-hybridized carbons (Fsp3) is 0.111. The van der Waals surface area contributed by atoms with Crippen molar-refractivity contribution < 1.29 is 9.26 Å². The Balaban J connectivity index is 1.71. The fourth-order valence-corrected chi connectivity index (χ4v) is 3.14. The Bertz CT molecular complexity index is 1240. The van der Waals surface area contributed by atoms with Gasteiger partial charge in [-0.1, -0.05) is 21.5 Å². The van der Waals surface area contributed by atoms with E-state index < -0.39 is 0 Å². The molecule has 0 N–H and O–H groups in total.